The van der Waals surface area contributed by atoms with Crippen LogP contribution in [0.25, 0.3) is 9.66 Å². The molecule has 30 heavy (non-hydrogen) atoms. The van der Waals surface area contributed by atoms with Crippen LogP contribution in [0, 0.1) is 0 Å². The number of rotatable bonds is 2. The third-order valence-corrected chi connectivity index (χ3v) is 6.92. The molecular formula is C20H8N4O4S2. The van der Waals surface area contributed by atoms with Gasteiger partial charge in [0.1, 0.15) is 0 Å². The number of carbonyl (C=O) groups is 4. The zero-order valence-electron chi connectivity index (χ0n) is 14.9. The van der Waals surface area contributed by atoms with E-state index in [4.69, 9.17) is 0 Å². The van der Waals surface area contributed by atoms with Crippen molar-refractivity contribution in [3.63, 3.8) is 0 Å². The second kappa shape index (κ2) is 5.88. The first-order chi connectivity index (χ1) is 14.5. The zero-order chi connectivity index (χ0) is 20.6. The maximum absolute atomic E-state index is 12.7. The summed E-state index contributed by atoms with van der Waals surface area (Å²) in [6.45, 7) is 0. The number of imide groups is 2. The van der Waals surface area contributed by atoms with E-state index < -0.39 is 23.6 Å². The van der Waals surface area contributed by atoms with Gasteiger partial charge in [0.25, 0.3) is 23.6 Å². The van der Waals surface area contributed by atoms with E-state index in [0.29, 0.717) is 31.9 Å². The van der Waals surface area contributed by atoms with Crippen molar-refractivity contribution in [2.24, 2.45) is 0 Å². The number of hydrogen-bond acceptors (Lipinski definition) is 8. The number of benzene rings is 2. The highest BCUT2D eigenvalue weighted by Gasteiger charge is 2.40. The number of fused-ring (bicyclic) bond motifs is 3. The second-order valence-corrected chi connectivity index (χ2v) is 8.50. The lowest BCUT2D eigenvalue weighted by Gasteiger charge is -2.09. The Morgan fingerprint density at radius 1 is 0.533 bits per heavy atom. The minimum atomic E-state index is -0.433. The first kappa shape index (κ1) is 17.1. The molecular weight excluding hydrogens is 424 g/mol. The van der Waals surface area contributed by atoms with Crippen LogP contribution in [-0.2, 0) is 0 Å². The number of hydrogen-bond donors (Lipinski definition) is 0. The summed E-state index contributed by atoms with van der Waals surface area (Å²) < 4.78 is 0. The summed E-state index contributed by atoms with van der Waals surface area (Å²) in [5, 5.41) is 0.424. The molecule has 0 radical (unpaired) electrons. The molecule has 0 atom stereocenters. The van der Waals surface area contributed by atoms with E-state index in [1.165, 1.54) is 0 Å². The highest BCUT2D eigenvalue weighted by atomic mass is 32.1. The van der Waals surface area contributed by atoms with E-state index in [0.717, 1.165) is 32.5 Å². The minimum Gasteiger partial charge on any atom is -0.268 e. The maximum Gasteiger partial charge on any atom is 0.268 e. The molecule has 6 rings (SSSR count). The lowest BCUT2D eigenvalue weighted by molar-refractivity contribution is 0.0910. The number of aromatic nitrogens is 2. The van der Waals surface area contributed by atoms with Gasteiger partial charge in [0.15, 0.2) is 9.66 Å². The number of amides is 4. The molecule has 0 bridgehead atoms. The van der Waals surface area contributed by atoms with E-state index in [2.05, 4.69) is 9.97 Å². The van der Waals surface area contributed by atoms with Gasteiger partial charge in [0.05, 0.1) is 22.3 Å². The van der Waals surface area contributed by atoms with E-state index in [1.807, 2.05) is 0 Å². The summed E-state index contributed by atoms with van der Waals surface area (Å²) in [7, 11) is 0. The van der Waals surface area contributed by atoms with Gasteiger partial charge in [0, 0.05) is 0 Å². The lowest BCUT2D eigenvalue weighted by atomic mass is 10.1. The van der Waals surface area contributed by atoms with Gasteiger partial charge >= 0.3 is 0 Å². The Kier molecular flexibility index (Phi) is 3.35. The van der Waals surface area contributed by atoms with Gasteiger partial charge in [-0.05, 0) is 24.3 Å². The Morgan fingerprint density at radius 2 is 0.833 bits per heavy atom. The van der Waals surface area contributed by atoms with Gasteiger partial charge < -0.3 is 0 Å². The molecule has 144 valence electrons. The molecule has 0 aliphatic carbocycles. The molecule has 8 nitrogen and oxygen atoms in total. The molecule has 4 aromatic rings. The first-order valence-electron chi connectivity index (χ1n) is 8.77. The maximum atomic E-state index is 12.7. The van der Waals surface area contributed by atoms with Crippen LogP contribution in [0.5, 0.6) is 0 Å². The predicted molar refractivity (Wildman–Crippen MR) is 110 cm³/mol. The second-order valence-electron chi connectivity index (χ2n) is 6.59. The van der Waals surface area contributed by atoms with Crippen molar-refractivity contribution >= 4 is 66.2 Å². The van der Waals surface area contributed by atoms with Crippen LogP contribution in [0.4, 0.5) is 10.3 Å². The van der Waals surface area contributed by atoms with Crippen molar-refractivity contribution < 1.29 is 19.2 Å². The summed E-state index contributed by atoms with van der Waals surface area (Å²) in [6, 6.07) is 13.2. The van der Waals surface area contributed by atoms with Crippen LogP contribution in [0.2, 0.25) is 0 Å². The minimum absolute atomic E-state index is 0.212. The third kappa shape index (κ3) is 2.14. The van der Waals surface area contributed by atoms with Crippen LogP contribution in [-0.4, -0.2) is 33.6 Å². The smallest absolute Gasteiger partial charge is 0.268 e. The molecule has 2 aliphatic heterocycles. The van der Waals surface area contributed by atoms with Crippen molar-refractivity contribution in [1.29, 1.82) is 0 Å². The SMILES string of the molecule is O=C1c2ccccc2C(=O)N1c1nc2sc(N3C(=O)c4ccccc4C3=O)nc2s1. The standard InChI is InChI=1S/C20H8N4O4S2/c25-15-9-5-1-2-6-10(9)16(26)23(15)19-21-13-14(29-19)22-20(30-13)24-17(27)11-7-3-4-8-12(11)18(24)28/h1-8H. The molecule has 10 heteroatoms. The molecule has 4 amide bonds. The molecule has 4 heterocycles. The highest BCUT2D eigenvalue weighted by Crippen LogP contribution is 2.40. The summed E-state index contributed by atoms with van der Waals surface area (Å²) in [6.07, 6.45) is 0. The molecule has 0 spiro atoms. The molecule has 2 aromatic heterocycles. The van der Waals surface area contributed by atoms with Crippen molar-refractivity contribution in [2.75, 3.05) is 9.80 Å². The van der Waals surface area contributed by atoms with Gasteiger partial charge in [-0.3, -0.25) is 19.2 Å². The molecule has 0 unspecified atom stereocenters. The van der Waals surface area contributed by atoms with Crippen molar-refractivity contribution in [3.05, 3.63) is 70.8 Å². The summed E-state index contributed by atoms with van der Waals surface area (Å²) >= 11 is 2.12. The molecule has 0 N–H and O–H groups in total. The van der Waals surface area contributed by atoms with E-state index >= 15 is 0 Å². The number of anilines is 2. The van der Waals surface area contributed by atoms with Crippen molar-refractivity contribution in [1.82, 2.24) is 9.97 Å². The lowest BCUT2D eigenvalue weighted by Crippen LogP contribution is -2.29. The number of carbonyl (C=O) groups excluding carboxylic acids is 4. The fourth-order valence-corrected chi connectivity index (χ4v) is 5.57. The Bertz CT molecular complexity index is 1250. The van der Waals surface area contributed by atoms with E-state index in [9.17, 15) is 19.2 Å². The Balaban J connectivity index is 1.37. The van der Waals surface area contributed by atoms with Crippen LogP contribution in [0.1, 0.15) is 41.4 Å². The summed E-state index contributed by atoms with van der Waals surface area (Å²) in [5.74, 6) is -1.73. The monoisotopic (exact) mass is 432 g/mol. The normalized spacial score (nSPS) is 15.5. The van der Waals surface area contributed by atoms with Gasteiger partial charge in [0.2, 0.25) is 10.3 Å². The van der Waals surface area contributed by atoms with Crippen molar-refractivity contribution in [2.45, 2.75) is 0 Å². The summed E-state index contributed by atoms with van der Waals surface area (Å²) in [4.78, 5) is 62.3. The Morgan fingerprint density at radius 3 is 1.13 bits per heavy atom. The average molecular weight is 432 g/mol. The zero-order valence-corrected chi connectivity index (χ0v) is 16.5. The molecule has 0 saturated heterocycles. The van der Waals surface area contributed by atoms with Crippen LogP contribution < -0.4 is 9.80 Å². The largest absolute Gasteiger partial charge is 0.268 e. The van der Waals surface area contributed by atoms with Crippen LogP contribution in [0.3, 0.4) is 0 Å². The van der Waals surface area contributed by atoms with Crippen LogP contribution >= 0.6 is 22.7 Å². The fourth-order valence-electron chi connectivity index (χ4n) is 3.54. The van der Waals surface area contributed by atoms with E-state index in [1.54, 1.807) is 48.5 Å². The first-order valence-corrected chi connectivity index (χ1v) is 10.4. The average Bonchev–Trinajstić information content (AvgIpc) is 3.44. The number of nitrogens with zero attached hydrogens (tertiary/aromatic N) is 4. The Hall–Kier alpha value is -3.76. The molecule has 2 aliphatic rings. The van der Waals surface area contributed by atoms with Gasteiger partial charge in [-0.25, -0.2) is 19.8 Å². The molecule has 0 fully saturated rings. The third-order valence-electron chi connectivity index (χ3n) is 4.92. The van der Waals surface area contributed by atoms with Gasteiger partial charge in [-0.1, -0.05) is 46.9 Å². The van der Waals surface area contributed by atoms with Gasteiger partial charge in [-0.15, -0.1) is 0 Å². The molecule has 0 saturated carbocycles. The van der Waals surface area contributed by atoms with Crippen molar-refractivity contribution in [3.8, 4) is 0 Å². The van der Waals surface area contributed by atoms with Gasteiger partial charge in [-0.2, -0.15) is 0 Å². The predicted octanol–water partition coefficient (Wildman–Crippen LogP) is 3.35. The molecule has 2 aromatic carbocycles. The van der Waals surface area contributed by atoms with Crippen LogP contribution in [0.15, 0.2) is 48.5 Å². The number of thiazole rings is 2. The fraction of sp³-hybridized carbons (Fsp3) is 0. The highest BCUT2D eigenvalue weighted by molar-refractivity contribution is 7.30. The topological polar surface area (TPSA) is 101 Å². The summed E-state index contributed by atoms with van der Waals surface area (Å²) in [5.41, 5.74) is 1.34. The van der Waals surface area contributed by atoms with E-state index in [-0.39, 0.29) is 10.3 Å². The Labute approximate surface area is 176 Å². The quantitative estimate of drug-likeness (QED) is 0.450.